The third-order valence-electron chi connectivity index (χ3n) is 3.47. The molecule has 0 saturated heterocycles. The summed E-state index contributed by atoms with van der Waals surface area (Å²) in [4.78, 5) is 15.6. The Morgan fingerprint density at radius 3 is 2.65 bits per heavy atom. The van der Waals surface area contributed by atoms with Crippen LogP contribution in [-0.2, 0) is 10.3 Å². The molecule has 0 bridgehead atoms. The second-order valence-electron chi connectivity index (χ2n) is 4.40. The number of aliphatic imine (C=N–C) groups is 1. The molecule has 1 aliphatic carbocycles. The SMILES string of the molecule is CSc1ccc(C)c(O)c1C1(N=C=O)CCC1. The van der Waals surface area contributed by atoms with E-state index in [0.717, 1.165) is 35.3 Å². The number of aromatic hydroxyl groups is 1. The second kappa shape index (κ2) is 4.55. The Morgan fingerprint density at radius 1 is 1.47 bits per heavy atom. The molecule has 1 aliphatic rings. The van der Waals surface area contributed by atoms with Crippen LogP contribution in [0, 0.1) is 6.92 Å². The van der Waals surface area contributed by atoms with Crippen LogP contribution in [0.3, 0.4) is 0 Å². The number of hydrogen-bond donors (Lipinski definition) is 1. The molecular weight excluding hydrogens is 234 g/mol. The van der Waals surface area contributed by atoms with Gasteiger partial charge in [-0.1, -0.05) is 6.07 Å². The molecule has 17 heavy (non-hydrogen) atoms. The largest absolute Gasteiger partial charge is 0.507 e. The Hall–Kier alpha value is -1.25. The van der Waals surface area contributed by atoms with Gasteiger partial charge in [-0.15, -0.1) is 11.8 Å². The fourth-order valence-corrected chi connectivity index (χ4v) is 3.01. The van der Waals surface area contributed by atoms with Gasteiger partial charge in [0, 0.05) is 10.5 Å². The Kier molecular flexibility index (Phi) is 3.27. The van der Waals surface area contributed by atoms with Gasteiger partial charge >= 0.3 is 0 Å². The number of phenolic OH excluding ortho intramolecular Hbond substituents is 1. The Morgan fingerprint density at radius 2 is 2.18 bits per heavy atom. The van der Waals surface area contributed by atoms with E-state index in [9.17, 15) is 9.90 Å². The van der Waals surface area contributed by atoms with Crippen molar-refractivity contribution in [2.75, 3.05) is 6.26 Å². The number of thioether (sulfide) groups is 1. The predicted molar refractivity (Wildman–Crippen MR) is 68.3 cm³/mol. The summed E-state index contributed by atoms with van der Waals surface area (Å²) in [5.74, 6) is 0.274. The molecule has 0 unspecified atom stereocenters. The second-order valence-corrected chi connectivity index (χ2v) is 5.24. The summed E-state index contributed by atoms with van der Waals surface area (Å²) in [6, 6.07) is 3.87. The van der Waals surface area contributed by atoms with Crippen molar-refractivity contribution in [3.05, 3.63) is 23.3 Å². The molecule has 0 aromatic heterocycles. The van der Waals surface area contributed by atoms with Gasteiger partial charge < -0.3 is 5.11 Å². The normalized spacial score (nSPS) is 17.1. The van der Waals surface area contributed by atoms with Crippen molar-refractivity contribution < 1.29 is 9.90 Å². The van der Waals surface area contributed by atoms with Crippen LogP contribution in [0.2, 0.25) is 0 Å². The highest BCUT2D eigenvalue weighted by atomic mass is 32.2. The van der Waals surface area contributed by atoms with E-state index in [1.54, 1.807) is 17.8 Å². The molecule has 1 aromatic carbocycles. The smallest absolute Gasteiger partial charge is 0.235 e. The summed E-state index contributed by atoms with van der Waals surface area (Å²) in [7, 11) is 0. The van der Waals surface area contributed by atoms with Crippen LogP contribution < -0.4 is 0 Å². The van der Waals surface area contributed by atoms with E-state index in [1.807, 2.05) is 25.3 Å². The first-order chi connectivity index (χ1) is 8.14. The van der Waals surface area contributed by atoms with Crippen molar-refractivity contribution in [2.24, 2.45) is 4.99 Å². The zero-order chi connectivity index (χ0) is 12.5. The van der Waals surface area contributed by atoms with E-state index in [-0.39, 0.29) is 5.75 Å². The average molecular weight is 249 g/mol. The summed E-state index contributed by atoms with van der Waals surface area (Å²) >= 11 is 1.57. The lowest BCUT2D eigenvalue weighted by Crippen LogP contribution is -2.32. The molecule has 4 heteroatoms. The maximum atomic E-state index is 10.6. The maximum Gasteiger partial charge on any atom is 0.235 e. The zero-order valence-corrected chi connectivity index (χ0v) is 10.8. The molecule has 0 spiro atoms. The molecule has 1 fully saturated rings. The van der Waals surface area contributed by atoms with Gasteiger partial charge in [-0.3, -0.25) is 0 Å². The van der Waals surface area contributed by atoms with E-state index in [0.29, 0.717) is 0 Å². The lowest BCUT2D eigenvalue weighted by Gasteiger charge is -2.38. The first-order valence-corrected chi connectivity index (χ1v) is 6.83. The highest BCUT2D eigenvalue weighted by molar-refractivity contribution is 7.98. The number of benzene rings is 1. The van der Waals surface area contributed by atoms with E-state index in [1.165, 1.54) is 0 Å². The van der Waals surface area contributed by atoms with E-state index >= 15 is 0 Å². The first kappa shape index (κ1) is 12.2. The first-order valence-electron chi connectivity index (χ1n) is 5.61. The van der Waals surface area contributed by atoms with Crippen LogP contribution in [0.5, 0.6) is 5.75 Å². The van der Waals surface area contributed by atoms with Crippen molar-refractivity contribution in [1.29, 1.82) is 0 Å². The summed E-state index contributed by atoms with van der Waals surface area (Å²) in [6.45, 7) is 1.86. The number of phenols is 1. The van der Waals surface area contributed by atoms with Gasteiger partial charge in [-0.05, 0) is 44.1 Å². The van der Waals surface area contributed by atoms with Crippen molar-refractivity contribution >= 4 is 17.8 Å². The van der Waals surface area contributed by atoms with Gasteiger partial charge in [0.25, 0.3) is 0 Å². The number of isocyanates is 1. The number of aryl methyl sites for hydroxylation is 1. The minimum atomic E-state index is -0.532. The molecule has 1 aromatic rings. The van der Waals surface area contributed by atoms with Crippen LogP contribution in [-0.4, -0.2) is 17.4 Å². The number of nitrogens with zero attached hydrogens (tertiary/aromatic N) is 1. The van der Waals surface area contributed by atoms with Crippen LogP contribution in [0.1, 0.15) is 30.4 Å². The van der Waals surface area contributed by atoms with E-state index in [2.05, 4.69) is 4.99 Å². The van der Waals surface area contributed by atoms with Crippen molar-refractivity contribution in [3.63, 3.8) is 0 Å². The Labute approximate surface area is 105 Å². The van der Waals surface area contributed by atoms with Crippen LogP contribution >= 0.6 is 11.8 Å². The van der Waals surface area contributed by atoms with Crippen molar-refractivity contribution in [3.8, 4) is 5.75 Å². The van der Waals surface area contributed by atoms with Crippen LogP contribution in [0.4, 0.5) is 0 Å². The minimum Gasteiger partial charge on any atom is -0.507 e. The molecule has 0 heterocycles. The zero-order valence-electron chi connectivity index (χ0n) is 9.99. The molecule has 0 amide bonds. The molecule has 90 valence electrons. The molecule has 3 nitrogen and oxygen atoms in total. The highest BCUT2D eigenvalue weighted by Crippen LogP contribution is 2.51. The van der Waals surface area contributed by atoms with E-state index in [4.69, 9.17) is 0 Å². The standard InChI is InChI=1S/C13H15NO2S/c1-9-4-5-10(17-2)11(12(9)16)13(14-8-15)6-3-7-13/h4-5,16H,3,6-7H2,1-2H3. The molecule has 0 radical (unpaired) electrons. The maximum absolute atomic E-state index is 10.6. The van der Waals surface area contributed by atoms with Gasteiger partial charge in [0.1, 0.15) is 11.3 Å². The molecule has 2 rings (SSSR count). The number of carbonyl (C=O) groups excluding carboxylic acids is 1. The predicted octanol–water partition coefficient (Wildman–Crippen LogP) is 3.14. The molecule has 1 N–H and O–H groups in total. The summed E-state index contributed by atoms with van der Waals surface area (Å²) in [6.07, 6.45) is 6.28. The van der Waals surface area contributed by atoms with Crippen molar-refractivity contribution in [1.82, 2.24) is 0 Å². The third kappa shape index (κ3) is 1.88. The Balaban J connectivity index is 2.63. The molecule has 0 aliphatic heterocycles. The van der Waals surface area contributed by atoms with Gasteiger partial charge in [0.05, 0.1) is 0 Å². The summed E-state index contributed by atoms with van der Waals surface area (Å²) < 4.78 is 0. The topological polar surface area (TPSA) is 49.7 Å². The lowest BCUT2D eigenvalue weighted by molar-refractivity contribution is 0.243. The van der Waals surface area contributed by atoms with Crippen LogP contribution in [0.15, 0.2) is 22.0 Å². The Bertz CT molecular complexity index is 488. The molecule has 1 saturated carbocycles. The minimum absolute atomic E-state index is 0.274. The third-order valence-corrected chi connectivity index (χ3v) is 4.25. The lowest BCUT2D eigenvalue weighted by atomic mass is 9.71. The van der Waals surface area contributed by atoms with Crippen molar-refractivity contribution in [2.45, 2.75) is 36.6 Å². The average Bonchev–Trinajstić information content (AvgIpc) is 2.28. The van der Waals surface area contributed by atoms with Gasteiger partial charge in [0.15, 0.2) is 0 Å². The summed E-state index contributed by atoms with van der Waals surface area (Å²) in [5, 5.41) is 10.2. The molecule has 0 atom stereocenters. The monoisotopic (exact) mass is 249 g/mol. The summed E-state index contributed by atoms with van der Waals surface area (Å²) in [5.41, 5.74) is 1.10. The van der Waals surface area contributed by atoms with Gasteiger partial charge in [0.2, 0.25) is 6.08 Å². The number of rotatable bonds is 3. The van der Waals surface area contributed by atoms with Gasteiger partial charge in [-0.2, -0.15) is 4.99 Å². The fraction of sp³-hybridized carbons (Fsp3) is 0.462. The fourth-order valence-electron chi connectivity index (χ4n) is 2.31. The quantitative estimate of drug-likeness (QED) is 0.508. The molecular formula is C13H15NO2S. The van der Waals surface area contributed by atoms with Crippen LogP contribution in [0.25, 0.3) is 0 Å². The van der Waals surface area contributed by atoms with E-state index < -0.39 is 5.54 Å². The number of hydrogen-bond acceptors (Lipinski definition) is 4. The highest BCUT2D eigenvalue weighted by Gasteiger charge is 2.42. The van der Waals surface area contributed by atoms with Gasteiger partial charge in [-0.25, -0.2) is 4.79 Å².